The van der Waals surface area contributed by atoms with Gasteiger partial charge in [-0.05, 0) is 115 Å². The average molecular weight is 1750 g/mol. The Balaban J connectivity index is -0.00000135. The molecule has 698 valence electrons. The van der Waals surface area contributed by atoms with Crippen molar-refractivity contribution < 1.29 is 8.42 Å². The van der Waals surface area contributed by atoms with Crippen molar-refractivity contribution in [1.29, 1.82) is 0 Å². The summed E-state index contributed by atoms with van der Waals surface area (Å²) in [6.07, 6.45) is 30.1. The number of unbranched alkanes of at least 4 members (excludes halogenated alkanes) is 4. The zero-order chi connectivity index (χ0) is 95.0. The van der Waals surface area contributed by atoms with Gasteiger partial charge in [-0.15, -0.1) is 0 Å². The summed E-state index contributed by atoms with van der Waals surface area (Å²) in [7, 11) is -2.83. The van der Waals surface area contributed by atoms with Gasteiger partial charge in [-0.2, -0.15) is 10.2 Å². The minimum atomic E-state index is -2.83. The van der Waals surface area contributed by atoms with Crippen LogP contribution in [0.3, 0.4) is 0 Å². The molecule has 0 radical (unpaired) electrons. The first-order valence-corrected chi connectivity index (χ1v) is 49.6. The van der Waals surface area contributed by atoms with E-state index >= 15 is 0 Å². The van der Waals surface area contributed by atoms with Crippen molar-refractivity contribution >= 4 is 67.4 Å². The normalized spacial score (nSPS) is 13.3. The molecule has 6 aliphatic heterocycles. The quantitative estimate of drug-likeness (QED) is 0.0687. The molecule has 0 atom stereocenters. The van der Waals surface area contributed by atoms with Crippen LogP contribution in [0.1, 0.15) is 347 Å². The third kappa shape index (κ3) is 53.4. The van der Waals surface area contributed by atoms with Gasteiger partial charge >= 0.3 is 0 Å². The number of aliphatic imine (C=N–C) groups is 6. The molecule has 0 amide bonds. The van der Waals surface area contributed by atoms with Crippen LogP contribution in [0.25, 0.3) is 0 Å². The fourth-order valence-electron chi connectivity index (χ4n) is 11.1. The fraction of sp³-hybridized carbons (Fsp3) is 0.553. The van der Waals surface area contributed by atoms with E-state index < -0.39 is 9.84 Å². The van der Waals surface area contributed by atoms with Crippen LogP contribution in [0.5, 0.6) is 0 Å². The summed E-state index contributed by atoms with van der Waals surface area (Å²) >= 11 is 0. The lowest BCUT2D eigenvalue weighted by atomic mass is 10.1. The molecule has 0 unspecified atom stereocenters. The van der Waals surface area contributed by atoms with E-state index in [0.29, 0.717) is 26.3 Å². The molecule has 6 aliphatic rings. The van der Waals surface area contributed by atoms with Crippen molar-refractivity contribution in [2.24, 2.45) is 40.2 Å². The Morgan fingerprint density at radius 1 is 0.357 bits per heavy atom. The molecular formula is C103H168N20O2S. The van der Waals surface area contributed by atoms with Gasteiger partial charge in [0.25, 0.3) is 0 Å². The lowest BCUT2D eigenvalue weighted by Gasteiger charge is -2.27. The minimum Gasteiger partial charge on any atom is -0.357 e. The Bertz CT molecular complexity index is 4350. The van der Waals surface area contributed by atoms with Gasteiger partial charge in [0, 0.05) is 130 Å². The van der Waals surface area contributed by atoms with Crippen LogP contribution in [0.2, 0.25) is 0 Å². The smallest absolute Gasteiger partial charge is 0.174 e. The largest absolute Gasteiger partial charge is 0.357 e. The van der Waals surface area contributed by atoms with Crippen LogP contribution in [0, 0.1) is 6.92 Å². The fourth-order valence-corrected chi connectivity index (χ4v) is 12.3. The van der Waals surface area contributed by atoms with E-state index in [-0.39, 0.29) is 11.5 Å². The maximum Gasteiger partial charge on any atom is 0.174 e. The molecule has 0 aliphatic carbocycles. The molecule has 0 spiro atoms. The SMILES string of the molecule is CC.CC.CC.CC.CC.CC.CC.CC.CC1=NC(c2ccccc2)=NC1.CC1=NCN=C1c1ccccc1.CCC.CCC.CCCCc1nccc(C2=NCC(C)=N2)n1.CCCCc1nccc(C2=NN=C(C)C2)n1.CCCCc1nccc(N2CCCCC2)n1.CCCCc1nccc(N2CCS(=O)(=O)CC2)n1.Cc1ccnc(Cc2ccccc2)n1. The van der Waals surface area contributed by atoms with Gasteiger partial charge < -0.3 is 9.80 Å². The molecule has 5 aromatic heterocycles. The van der Waals surface area contributed by atoms with Gasteiger partial charge in [0.1, 0.15) is 53.1 Å². The van der Waals surface area contributed by atoms with Crippen LogP contribution in [-0.4, -0.2) is 162 Å². The van der Waals surface area contributed by atoms with Gasteiger partial charge in [0.2, 0.25) is 0 Å². The van der Waals surface area contributed by atoms with E-state index in [2.05, 4.69) is 175 Å². The van der Waals surface area contributed by atoms with Crippen molar-refractivity contribution in [1.82, 2.24) is 49.8 Å². The second-order valence-corrected chi connectivity index (χ2v) is 29.6. The van der Waals surface area contributed by atoms with Crippen LogP contribution in [-0.2, 0) is 41.9 Å². The van der Waals surface area contributed by atoms with Crippen molar-refractivity contribution in [2.75, 3.05) is 67.2 Å². The van der Waals surface area contributed by atoms with E-state index in [1.165, 1.54) is 50.5 Å². The first-order valence-electron chi connectivity index (χ1n) is 47.8. The third-order valence-corrected chi connectivity index (χ3v) is 18.6. The van der Waals surface area contributed by atoms with Crippen molar-refractivity contribution in [3.63, 3.8) is 0 Å². The molecular weight excluding hydrogens is 1580 g/mol. The number of nitrogens with zero attached hydrogens (tertiary/aromatic N) is 20. The number of amidine groups is 2. The highest BCUT2D eigenvalue weighted by Crippen LogP contribution is 2.20. The van der Waals surface area contributed by atoms with Crippen LogP contribution < -0.4 is 9.80 Å². The van der Waals surface area contributed by atoms with E-state index in [0.717, 1.165) is 212 Å². The highest BCUT2D eigenvalue weighted by molar-refractivity contribution is 7.91. The van der Waals surface area contributed by atoms with Gasteiger partial charge in [-0.1, -0.05) is 296 Å². The number of piperidine rings is 1. The third-order valence-electron chi connectivity index (χ3n) is 17.0. The highest BCUT2D eigenvalue weighted by atomic mass is 32.2. The number of aryl methyl sites for hydroxylation is 5. The lowest BCUT2D eigenvalue weighted by Crippen LogP contribution is -2.40. The zero-order valence-electron chi connectivity index (χ0n) is 83.9. The molecule has 23 heteroatoms. The first kappa shape index (κ1) is 120. The molecule has 3 aromatic carbocycles. The molecule has 0 bridgehead atoms. The maximum absolute atomic E-state index is 11.4. The number of sulfone groups is 1. The highest BCUT2D eigenvalue weighted by Gasteiger charge is 2.23. The molecule has 126 heavy (non-hydrogen) atoms. The first-order chi connectivity index (χ1) is 61.5. The van der Waals surface area contributed by atoms with Gasteiger partial charge in [-0.3, -0.25) is 20.0 Å². The molecule has 2 fully saturated rings. The Kier molecular flexibility index (Phi) is 77.0. The number of benzene rings is 3. The number of rotatable bonds is 20. The molecule has 0 saturated carbocycles. The number of aromatic nitrogens is 10. The summed E-state index contributed by atoms with van der Waals surface area (Å²) in [6.45, 7) is 64.5. The van der Waals surface area contributed by atoms with E-state index in [1.54, 1.807) is 18.6 Å². The number of hydrogen-bond acceptors (Lipinski definition) is 22. The van der Waals surface area contributed by atoms with Crippen LogP contribution >= 0.6 is 0 Å². The van der Waals surface area contributed by atoms with Gasteiger partial charge in [0.05, 0.1) is 47.4 Å². The average Bonchev–Trinajstić information content (AvgIpc) is 0.997. The molecule has 14 rings (SSSR count). The van der Waals surface area contributed by atoms with Crippen molar-refractivity contribution in [3.05, 3.63) is 215 Å². The zero-order valence-corrected chi connectivity index (χ0v) is 84.7. The Morgan fingerprint density at radius 3 is 1.13 bits per heavy atom. The number of hydrogen-bond donors (Lipinski definition) is 0. The maximum atomic E-state index is 11.4. The van der Waals surface area contributed by atoms with Crippen LogP contribution in [0.15, 0.2) is 192 Å². The minimum absolute atomic E-state index is 0.224. The predicted molar refractivity (Wildman–Crippen MR) is 549 cm³/mol. The molecule has 8 aromatic rings. The standard InChI is InChI=1S/C13H21N3.2C12H16N4.C12H19N3O2S.C12H12N2.2C10H10N2.2C3H8.8C2H6/c1-2-3-7-12-14-9-8-13(15-12)16-10-5-4-6-11-16;1-3-4-5-12-13-7-6-10(14-12)11-8-9(2)15-16-11;1-3-4-5-11-13-7-6-10(16-11)12-14-8-9(2)15-12;1-2-3-4-11-13-6-5-12(14-11)15-7-9-18(16,17)10-8-15;1-10-7-8-13-12(14-10)9-11-5-3-2-4-6-11;1-8-10(12-7-11-8)9-5-3-2-4-6-9;1-8-7-11-10(12-8)9-5-3-2-4-6-9;2*1-3-2;8*1-2/h8-9H,2-7,10-11H2,1H3;2*6-7H,3-5,8H2,1-2H3;5-6H,2-4,7-10H2,1H3;2-8H,9H2,1H3;2*2-6H,7H2,1H3;2*3H2,1-2H3;8*1-2H3. The second-order valence-electron chi connectivity index (χ2n) is 27.3. The summed E-state index contributed by atoms with van der Waals surface area (Å²) in [5.74, 6) is 8.58. The Labute approximate surface area is 766 Å². The van der Waals surface area contributed by atoms with Crippen molar-refractivity contribution in [2.45, 2.75) is 323 Å². The molecule has 11 heterocycles. The van der Waals surface area contributed by atoms with E-state index in [1.807, 2.05) is 260 Å². The van der Waals surface area contributed by atoms with Gasteiger partial charge in [0.15, 0.2) is 21.5 Å². The second kappa shape index (κ2) is 80.8. The predicted octanol–water partition coefficient (Wildman–Crippen LogP) is 25.5. The molecule has 2 saturated heterocycles. The van der Waals surface area contributed by atoms with Crippen molar-refractivity contribution in [3.8, 4) is 0 Å². The monoisotopic (exact) mass is 1750 g/mol. The summed E-state index contributed by atoms with van der Waals surface area (Å²) in [6, 6.07) is 40.1. The van der Waals surface area contributed by atoms with Crippen LogP contribution in [0.4, 0.5) is 11.6 Å². The Hall–Kier alpha value is -10.0. The molecule has 0 N–H and O–H groups in total. The Morgan fingerprint density at radius 2 is 0.738 bits per heavy atom. The summed E-state index contributed by atoms with van der Waals surface area (Å²) in [4.78, 5) is 74.1. The lowest BCUT2D eigenvalue weighted by molar-refractivity contribution is 0.571. The molecule has 22 nitrogen and oxygen atoms in total. The summed E-state index contributed by atoms with van der Waals surface area (Å²) in [5.41, 5.74) is 12.5. The summed E-state index contributed by atoms with van der Waals surface area (Å²) in [5, 5.41) is 8.15. The topological polar surface area (TPSA) is 268 Å². The van der Waals surface area contributed by atoms with E-state index in [9.17, 15) is 8.42 Å². The van der Waals surface area contributed by atoms with Gasteiger partial charge in [-0.25, -0.2) is 68.2 Å². The summed E-state index contributed by atoms with van der Waals surface area (Å²) < 4.78 is 22.8. The van der Waals surface area contributed by atoms with E-state index in [4.69, 9.17) is 0 Å². The number of anilines is 2.